The van der Waals surface area contributed by atoms with E-state index in [1.807, 2.05) is 6.92 Å². The van der Waals surface area contributed by atoms with Crippen LogP contribution in [0.4, 0.5) is 18.0 Å². The van der Waals surface area contributed by atoms with E-state index in [9.17, 15) is 22.8 Å². The zero-order valence-electron chi connectivity index (χ0n) is 19.2. The van der Waals surface area contributed by atoms with Gasteiger partial charge in [0, 0.05) is 19.6 Å². The molecule has 2 amide bonds. The van der Waals surface area contributed by atoms with Gasteiger partial charge >= 0.3 is 12.3 Å². The molecule has 1 aromatic heterocycles. The average molecular weight is 467 g/mol. The maximum atomic E-state index is 13.9. The number of alkyl halides is 3. The molecule has 1 aromatic carbocycles. The number of aryl methyl sites for hydroxylation is 1. The molecule has 0 atom stereocenters. The molecule has 0 spiro atoms. The molecule has 2 aromatic rings. The smallest absolute Gasteiger partial charge is 0.434 e. The minimum atomic E-state index is -4.75. The summed E-state index contributed by atoms with van der Waals surface area (Å²) in [5, 5.41) is 6.59. The van der Waals surface area contributed by atoms with Crippen molar-refractivity contribution in [2.24, 2.45) is 5.92 Å². The molecule has 1 aliphatic rings. The molecule has 2 heterocycles. The number of carbonyl (C=O) groups excluding carboxylic acids is 2. The van der Waals surface area contributed by atoms with E-state index in [1.54, 1.807) is 32.9 Å². The maximum absolute atomic E-state index is 13.9. The Morgan fingerprint density at radius 1 is 1.12 bits per heavy atom. The van der Waals surface area contributed by atoms with Crippen LogP contribution in [0.2, 0.25) is 0 Å². The van der Waals surface area contributed by atoms with Gasteiger partial charge in [0.15, 0.2) is 5.69 Å². The average Bonchev–Trinajstić information content (AvgIpc) is 3.17. The standard InChI is InChI=1S/C23H29F3N4O3/c1-15-5-7-17(8-6-15)30-19(23(24,25)26)18(14-28-30)20(31)29-11-9-16(10-12-29)13-27-21(32)33-22(2,3)4/h5-8,14,16H,9-13H2,1-4H3,(H,27,32). The third-order valence-electron chi connectivity index (χ3n) is 5.38. The number of likely N-dealkylation sites (tertiary alicyclic amines) is 1. The van der Waals surface area contributed by atoms with Gasteiger partial charge in [0.05, 0.1) is 17.4 Å². The van der Waals surface area contributed by atoms with Crippen LogP contribution in [-0.2, 0) is 10.9 Å². The largest absolute Gasteiger partial charge is 0.444 e. The molecule has 7 nitrogen and oxygen atoms in total. The molecule has 33 heavy (non-hydrogen) atoms. The molecule has 180 valence electrons. The number of amides is 2. The first-order chi connectivity index (χ1) is 15.3. The third-order valence-corrected chi connectivity index (χ3v) is 5.38. The van der Waals surface area contributed by atoms with Gasteiger partial charge in [-0.25, -0.2) is 9.48 Å². The Bertz CT molecular complexity index is 986. The van der Waals surface area contributed by atoms with Gasteiger partial charge < -0.3 is 15.0 Å². The number of nitrogens with zero attached hydrogens (tertiary/aromatic N) is 3. The highest BCUT2D eigenvalue weighted by Gasteiger charge is 2.41. The predicted octanol–water partition coefficient (Wildman–Crippen LogP) is 4.58. The summed E-state index contributed by atoms with van der Waals surface area (Å²) in [5.41, 5.74) is -1.00. The molecule has 1 N–H and O–H groups in total. The summed E-state index contributed by atoms with van der Waals surface area (Å²) in [6, 6.07) is 6.45. The minimum Gasteiger partial charge on any atom is -0.444 e. The first kappa shape index (κ1) is 24.6. The molecule has 1 aliphatic heterocycles. The van der Waals surface area contributed by atoms with E-state index < -0.39 is 35.0 Å². The topological polar surface area (TPSA) is 76.5 Å². The number of aromatic nitrogens is 2. The first-order valence-corrected chi connectivity index (χ1v) is 10.8. The van der Waals surface area contributed by atoms with Crippen LogP contribution in [0.15, 0.2) is 30.5 Å². The number of rotatable bonds is 4. The number of hydrogen-bond acceptors (Lipinski definition) is 4. The highest BCUT2D eigenvalue weighted by Crippen LogP contribution is 2.34. The van der Waals surface area contributed by atoms with Crippen molar-refractivity contribution in [1.82, 2.24) is 20.0 Å². The lowest BCUT2D eigenvalue weighted by atomic mass is 9.96. The van der Waals surface area contributed by atoms with Crippen LogP contribution in [0.1, 0.15) is 55.2 Å². The quantitative estimate of drug-likeness (QED) is 0.716. The number of piperidine rings is 1. The second-order valence-corrected chi connectivity index (χ2v) is 9.27. The molecule has 0 radical (unpaired) electrons. The predicted molar refractivity (Wildman–Crippen MR) is 116 cm³/mol. The number of hydrogen-bond donors (Lipinski definition) is 1. The number of nitrogens with one attached hydrogen (secondary N) is 1. The zero-order valence-corrected chi connectivity index (χ0v) is 19.2. The highest BCUT2D eigenvalue weighted by atomic mass is 19.4. The van der Waals surface area contributed by atoms with Crippen LogP contribution < -0.4 is 5.32 Å². The lowest BCUT2D eigenvalue weighted by molar-refractivity contribution is -0.143. The Hall–Kier alpha value is -3.04. The van der Waals surface area contributed by atoms with Crippen LogP contribution in [0, 0.1) is 12.8 Å². The minimum absolute atomic E-state index is 0.110. The summed E-state index contributed by atoms with van der Waals surface area (Å²) in [6.45, 7) is 8.13. The van der Waals surface area contributed by atoms with Crippen molar-refractivity contribution < 1.29 is 27.5 Å². The van der Waals surface area contributed by atoms with Gasteiger partial charge in [-0.05, 0) is 58.6 Å². The Labute approximate surface area is 190 Å². The van der Waals surface area contributed by atoms with Crippen molar-refractivity contribution in [2.75, 3.05) is 19.6 Å². The monoisotopic (exact) mass is 466 g/mol. The molecule has 0 aliphatic carbocycles. The summed E-state index contributed by atoms with van der Waals surface area (Å²) >= 11 is 0. The lowest BCUT2D eigenvalue weighted by Gasteiger charge is -2.32. The van der Waals surface area contributed by atoms with Gasteiger partial charge in [-0.1, -0.05) is 17.7 Å². The Morgan fingerprint density at radius 3 is 2.27 bits per heavy atom. The number of alkyl carbamates (subject to hydrolysis) is 1. The second kappa shape index (κ2) is 9.44. The molecule has 1 saturated heterocycles. The van der Waals surface area contributed by atoms with Crippen molar-refractivity contribution in [3.05, 3.63) is 47.3 Å². The van der Waals surface area contributed by atoms with Crippen molar-refractivity contribution in [3.8, 4) is 5.69 Å². The van der Waals surface area contributed by atoms with E-state index in [0.29, 0.717) is 32.5 Å². The van der Waals surface area contributed by atoms with Crippen LogP contribution >= 0.6 is 0 Å². The highest BCUT2D eigenvalue weighted by molar-refractivity contribution is 5.95. The van der Waals surface area contributed by atoms with Gasteiger partial charge in [0.1, 0.15) is 5.60 Å². The van der Waals surface area contributed by atoms with E-state index >= 15 is 0 Å². The van der Waals surface area contributed by atoms with Crippen LogP contribution in [0.5, 0.6) is 0 Å². The van der Waals surface area contributed by atoms with Crippen LogP contribution in [0.3, 0.4) is 0 Å². The molecule has 1 fully saturated rings. The van der Waals surface area contributed by atoms with E-state index in [1.165, 1.54) is 17.0 Å². The fraction of sp³-hybridized carbons (Fsp3) is 0.522. The summed E-state index contributed by atoms with van der Waals surface area (Å²) in [5.74, 6) is -0.585. The number of halogens is 3. The first-order valence-electron chi connectivity index (χ1n) is 10.8. The van der Waals surface area contributed by atoms with Gasteiger partial charge in [-0.3, -0.25) is 4.79 Å². The van der Waals surface area contributed by atoms with Crippen molar-refractivity contribution >= 4 is 12.0 Å². The number of benzene rings is 1. The van der Waals surface area contributed by atoms with Crippen LogP contribution in [0.25, 0.3) is 5.69 Å². The molecule has 0 saturated carbocycles. The molecule has 3 rings (SSSR count). The number of ether oxygens (including phenoxy) is 1. The Kier molecular flexibility index (Phi) is 7.04. The fourth-order valence-corrected chi connectivity index (χ4v) is 3.71. The maximum Gasteiger partial charge on any atom is 0.434 e. The normalized spacial score (nSPS) is 15.4. The van der Waals surface area contributed by atoms with Crippen LogP contribution in [-0.4, -0.2) is 51.9 Å². The second-order valence-electron chi connectivity index (χ2n) is 9.27. The van der Waals surface area contributed by atoms with E-state index in [4.69, 9.17) is 4.74 Å². The van der Waals surface area contributed by atoms with E-state index in [2.05, 4.69) is 10.4 Å². The summed E-state index contributed by atoms with van der Waals surface area (Å²) in [4.78, 5) is 26.2. The Morgan fingerprint density at radius 2 is 1.73 bits per heavy atom. The fourth-order valence-electron chi connectivity index (χ4n) is 3.71. The molecular formula is C23H29F3N4O3. The van der Waals surface area contributed by atoms with Crippen molar-refractivity contribution in [3.63, 3.8) is 0 Å². The summed E-state index contributed by atoms with van der Waals surface area (Å²) in [6.07, 6.45) is -3.15. The molecule has 0 bridgehead atoms. The third kappa shape index (κ3) is 6.27. The lowest BCUT2D eigenvalue weighted by Crippen LogP contribution is -2.42. The van der Waals surface area contributed by atoms with Crippen molar-refractivity contribution in [2.45, 2.75) is 52.3 Å². The molecular weight excluding hydrogens is 437 g/mol. The van der Waals surface area contributed by atoms with Gasteiger partial charge in [0.2, 0.25) is 0 Å². The SMILES string of the molecule is Cc1ccc(-n2ncc(C(=O)N3CCC(CNC(=O)OC(C)(C)C)CC3)c2C(F)(F)F)cc1. The zero-order chi connectivity index (χ0) is 24.4. The molecule has 10 heteroatoms. The van der Waals surface area contributed by atoms with Gasteiger partial charge in [-0.15, -0.1) is 0 Å². The number of carbonyl (C=O) groups is 2. The van der Waals surface area contributed by atoms with E-state index in [0.717, 1.165) is 16.4 Å². The molecule has 0 unspecified atom stereocenters. The van der Waals surface area contributed by atoms with Gasteiger partial charge in [0.25, 0.3) is 5.91 Å². The summed E-state index contributed by atoms with van der Waals surface area (Å²) in [7, 11) is 0. The van der Waals surface area contributed by atoms with Crippen molar-refractivity contribution in [1.29, 1.82) is 0 Å². The Balaban J connectivity index is 1.67. The van der Waals surface area contributed by atoms with Gasteiger partial charge in [-0.2, -0.15) is 18.3 Å². The summed E-state index contributed by atoms with van der Waals surface area (Å²) < 4.78 is 47.7. The van der Waals surface area contributed by atoms with E-state index in [-0.39, 0.29) is 11.6 Å².